The van der Waals surface area contributed by atoms with Gasteiger partial charge in [0, 0.05) is 6.04 Å². The molecule has 3 heteroatoms. The summed E-state index contributed by atoms with van der Waals surface area (Å²) in [6.45, 7) is 4.95. The molecule has 0 N–H and O–H groups in total. The minimum Gasteiger partial charge on any atom is -0.466 e. The zero-order valence-electron chi connectivity index (χ0n) is 11.6. The maximum atomic E-state index is 11.3. The molecule has 0 bridgehead atoms. The van der Waals surface area contributed by atoms with Crippen molar-refractivity contribution >= 4 is 15.5 Å². The fourth-order valence-electron chi connectivity index (χ4n) is 1.60. The Kier molecular flexibility index (Phi) is 13.5. The second-order valence-corrected chi connectivity index (χ2v) is 5.87. The van der Waals surface area contributed by atoms with Crippen LogP contribution in [0.15, 0.2) is 0 Å². The Hall–Kier alpha value is -0.313. The standard InChI is InChI=1S/C14H28O2Si/c1-3-5-7-8-9-10-12-17-13-14(15)16-11-6-4-2/h3-13H2,1-2H3. The van der Waals surface area contributed by atoms with E-state index in [9.17, 15) is 4.79 Å². The number of unbranched alkanes of at least 4 members (excludes halogenated alkanes) is 6. The first-order chi connectivity index (χ1) is 8.31. The molecule has 0 rings (SSSR count). The molecule has 0 aliphatic carbocycles. The highest BCUT2D eigenvalue weighted by Crippen LogP contribution is 2.07. The average molecular weight is 256 g/mol. The summed E-state index contributed by atoms with van der Waals surface area (Å²) in [6.07, 6.45) is 10.1. The van der Waals surface area contributed by atoms with Crippen LogP contribution in [0, 0.1) is 0 Å². The fourth-order valence-corrected chi connectivity index (χ4v) is 2.59. The summed E-state index contributed by atoms with van der Waals surface area (Å²) in [5.74, 6) is 0.00256. The number of ether oxygens (including phenoxy) is 1. The third kappa shape index (κ3) is 13.6. The second-order valence-electron chi connectivity index (χ2n) is 4.52. The van der Waals surface area contributed by atoms with Crippen molar-refractivity contribution in [2.24, 2.45) is 0 Å². The van der Waals surface area contributed by atoms with Crippen LogP contribution in [0.5, 0.6) is 0 Å². The maximum Gasteiger partial charge on any atom is 0.302 e. The van der Waals surface area contributed by atoms with Crippen molar-refractivity contribution in [3.05, 3.63) is 0 Å². The molecule has 17 heavy (non-hydrogen) atoms. The molecule has 100 valence electrons. The van der Waals surface area contributed by atoms with Crippen LogP contribution < -0.4 is 0 Å². The second kappa shape index (κ2) is 13.8. The first-order valence-corrected chi connectivity index (χ1v) is 8.59. The summed E-state index contributed by atoms with van der Waals surface area (Å²) in [4.78, 5) is 11.3. The van der Waals surface area contributed by atoms with Gasteiger partial charge in [0.25, 0.3) is 0 Å². The van der Waals surface area contributed by atoms with Crippen molar-refractivity contribution in [1.29, 1.82) is 0 Å². The monoisotopic (exact) mass is 256 g/mol. The zero-order chi connectivity index (χ0) is 12.8. The lowest BCUT2D eigenvalue weighted by molar-refractivity contribution is -0.141. The van der Waals surface area contributed by atoms with Crippen LogP contribution in [-0.4, -0.2) is 22.1 Å². The normalized spacial score (nSPS) is 10.5. The number of carbonyl (C=O) groups excluding carboxylic acids is 1. The molecule has 0 saturated carbocycles. The molecule has 0 spiro atoms. The van der Waals surface area contributed by atoms with Crippen LogP contribution in [0.25, 0.3) is 0 Å². The van der Waals surface area contributed by atoms with Crippen LogP contribution >= 0.6 is 0 Å². The Morgan fingerprint density at radius 3 is 2.29 bits per heavy atom. The molecule has 0 aromatic carbocycles. The summed E-state index contributed by atoms with van der Waals surface area (Å²) in [5.41, 5.74) is 0. The van der Waals surface area contributed by atoms with E-state index in [1.54, 1.807) is 0 Å². The van der Waals surface area contributed by atoms with Gasteiger partial charge in [0.15, 0.2) is 0 Å². The third-order valence-electron chi connectivity index (χ3n) is 2.74. The van der Waals surface area contributed by atoms with E-state index < -0.39 is 0 Å². The van der Waals surface area contributed by atoms with Gasteiger partial charge in [-0.15, -0.1) is 0 Å². The number of esters is 1. The van der Waals surface area contributed by atoms with Crippen molar-refractivity contribution in [1.82, 2.24) is 0 Å². The predicted octanol–water partition coefficient (Wildman–Crippen LogP) is 4.23. The molecule has 0 saturated heterocycles. The summed E-state index contributed by atoms with van der Waals surface area (Å²) in [6, 6.07) is 1.84. The minimum absolute atomic E-state index is 0.00256. The van der Waals surface area contributed by atoms with Gasteiger partial charge in [-0.25, -0.2) is 0 Å². The van der Waals surface area contributed by atoms with Crippen molar-refractivity contribution < 1.29 is 9.53 Å². The number of carbonyl (C=O) groups is 1. The zero-order valence-corrected chi connectivity index (χ0v) is 12.6. The summed E-state index contributed by atoms with van der Waals surface area (Å²) in [7, 11) is 0.762. The molecule has 2 radical (unpaired) electrons. The highest BCUT2D eigenvalue weighted by molar-refractivity contribution is 6.40. The molecule has 2 nitrogen and oxygen atoms in total. The van der Waals surface area contributed by atoms with Crippen LogP contribution in [0.3, 0.4) is 0 Å². The van der Waals surface area contributed by atoms with Gasteiger partial charge >= 0.3 is 5.97 Å². The van der Waals surface area contributed by atoms with Gasteiger partial charge in [-0.05, 0) is 6.42 Å². The molecule has 0 amide bonds. The van der Waals surface area contributed by atoms with Gasteiger partial charge in [-0.1, -0.05) is 64.8 Å². The molecule has 0 heterocycles. The van der Waals surface area contributed by atoms with E-state index in [-0.39, 0.29) is 5.97 Å². The van der Waals surface area contributed by atoms with E-state index in [4.69, 9.17) is 4.74 Å². The van der Waals surface area contributed by atoms with Crippen LogP contribution in [0.4, 0.5) is 0 Å². The number of hydrogen-bond donors (Lipinski definition) is 0. The molecule has 0 aromatic heterocycles. The van der Waals surface area contributed by atoms with Crippen molar-refractivity contribution in [3.63, 3.8) is 0 Å². The Morgan fingerprint density at radius 2 is 1.59 bits per heavy atom. The molecule has 0 aliphatic rings. The van der Waals surface area contributed by atoms with Crippen LogP contribution in [0.1, 0.15) is 65.2 Å². The Labute approximate surface area is 109 Å². The maximum absolute atomic E-state index is 11.3. The van der Waals surface area contributed by atoms with Crippen LogP contribution in [0.2, 0.25) is 12.1 Å². The van der Waals surface area contributed by atoms with E-state index in [1.807, 2.05) is 0 Å². The van der Waals surface area contributed by atoms with Crippen LogP contribution in [-0.2, 0) is 9.53 Å². The average Bonchev–Trinajstić information content (AvgIpc) is 2.33. The highest BCUT2D eigenvalue weighted by atomic mass is 28.2. The predicted molar refractivity (Wildman–Crippen MR) is 74.6 cm³/mol. The highest BCUT2D eigenvalue weighted by Gasteiger charge is 2.02. The lowest BCUT2D eigenvalue weighted by Crippen LogP contribution is -2.08. The van der Waals surface area contributed by atoms with E-state index in [1.165, 1.54) is 44.6 Å². The summed E-state index contributed by atoms with van der Waals surface area (Å²) >= 11 is 0. The van der Waals surface area contributed by atoms with Crippen molar-refractivity contribution in [2.45, 2.75) is 77.3 Å². The Morgan fingerprint density at radius 1 is 0.941 bits per heavy atom. The fraction of sp³-hybridized carbons (Fsp3) is 0.929. The van der Waals surface area contributed by atoms with Crippen molar-refractivity contribution in [2.75, 3.05) is 6.61 Å². The van der Waals surface area contributed by atoms with E-state index in [2.05, 4.69) is 13.8 Å². The van der Waals surface area contributed by atoms with E-state index in [0.29, 0.717) is 12.7 Å². The molecule has 0 fully saturated rings. The molecule has 0 aromatic rings. The van der Waals surface area contributed by atoms with E-state index in [0.717, 1.165) is 22.4 Å². The van der Waals surface area contributed by atoms with Gasteiger partial charge in [0.05, 0.1) is 16.1 Å². The largest absolute Gasteiger partial charge is 0.466 e. The molecular weight excluding hydrogens is 228 g/mol. The molecule has 0 aliphatic heterocycles. The summed E-state index contributed by atoms with van der Waals surface area (Å²) in [5, 5.41) is 0. The topological polar surface area (TPSA) is 26.3 Å². The first kappa shape index (κ1) is 16.7. The SMILES string of the molecule is CCCCCCCC[Si]CC(=O)OCCCC. The van der Waals surface area contributed by atoms with Gasteiger partial charge in [-0.2, -0.15) is 0 Å². The molecular formula is C14H28O2Si. The quantitative estimate of drug-likeness (QED) is 0.297. The first-order valence-electron chi connectivity index (χ1n) is 7.17. The number of rotatable bonds is 12. The van der Waals surface area contributed by atoms with Gasteiger partial charge in [0.2, 0.25) is 0 Å². The van der Waals surface area contributed by atoms with Gasteiger partial charge in [-0.3, -0.25) is 4.79 Å². The smallest absolute Gasteiger partial charge is 0.302 e. The number of hydrogen-bond acceptors (Lipinski definition) is 2. The lowest BCUT2D eigenvalue weighted by Gasteiger charge is -2.03. The molecule has 0 unspecified atom stereocenters. The van der Waals surface area contributed by atoms with Crippen molar-refractivity contribution in [3.8, 4) is 0 Å². The Balaban J connectivity index is 3.08. The summed E-state index contributed by atoms with van der Waals surface area (Å²) < 4.78 is 5.11. The molecule has 0 atom stereocenters. The Bertz CT molecular complexity index is 172. The lowest BCUT2D eigenvalue weighted by atomic mass is 10.1. The third-order valence-corrected chi connectivity index (χ3v) is 3.98. The minimum atomic E-state index is 0.00256. The van der Waals surface area contributed by atoms with Gasteiger partial charge in [0.1, 0.15) is 0 Å². The van der Waals surface area contributed by atoms with E-state index >= 15 is 0 Å². The van der Waals surface area contributed by atoms with Gasteiger partial charge < -0.3 is 4.74 Å².